The summed E-state index contributed by atoms with van der Waals surface area (Å²) in [5.41, 5.74) is 4.05. The Hall–Kier alpha value is -3.64. The second kappa shape index (κ2) is 10.5. The fourth-order valence-corrected chi connectivity index (χ4v) is 4.29. The summed E-state index contributed by atoms with van der Waals surface area (Å²) in [4.78, 5) is 30.5. The summed E-state index contributed by atoms with van der Waals surface area (Å²) in [6.45, 7) is 5.99. The fraction of sp³-hybridized carbons (Fsp3) is 0.286. The van der Waals surface area contributed by atoms with Gasteiger partial charge in [0.25, 0.3) is 5.91 Å². The Morgan fingerprint density at radius 2 is 1.68 bits per heavy atom. The highest BCUT2D eigenvalue weighted by Crippen LogP contribution is 2.29. The van der Waals surface area contributed by atoms with Crippen molar-refractivity contribution in [3.05, 3.63) is 89.0 Å². The van der Waals surface area contributed by atoms with E-state index in [1.165, 1.54) is 6.07 Å². The van der Waals surface area contributed by atoms with E-state index in [0.29, 0.717) is 16.7 Å². The third-order valence-corrected chi connectivity index (χ3v) is 6.27. The number of aryl methyl sites for hydroxylation is 1. The van der Waals surface area contributed by atoms with Crippen LogP contribution in [0, 0.1) is 6.92 Å². The van der Waals surface area contributed by atoms with Crippen LogP contribution in [0.3, 0.4) is 0 Å². The average Bonchev–Trinajstić information content (AvgIpc) is 3.05. The summed E-state index contributed by atoms with van der Waals surface area (Å²) in [6.07, 6.45) is 1.19. The van der Waals surface area contributed by atoms with E-state index in [2.05, 4.69) is 22.2 Å². The van der Waals surface area contributed by atoms with Crippen molar-refractivity contribution < 1.29 is 14.7 Å². The summed E-state index contributed by atoms with van der Waals surface area (Å²) in [7, 11) is 2.14. The van der Waals surface area contributed by atoms with Crippen LogP contribution in [0.15, 0.2) is 66.7 Å². The molecule has 6 nitrogen and oxygen atoms in total. The number of Topliss-reactive ketones (excluding diaryl/α,β-unsaturated/α-hetero) is 1. The molecular formula is C28H31N3O3. The molecule has 0 saturated carbocycles. The minimum atomic E-state index is -0.326. The normalized spacial score (nSPS) is 14.5. The van der Waals surface area contributed by atoms with Gasteiger partial charge in [-0.15, -0.1) is 0 Å². The van der Waals surface area contributed by atoms with Gasteiger partial charge in [0, 0.05) is 42.9 Å². The lowest BCUT2D eigenvalue weighted by molar-refractivity contribution is 0.0988. The minimum absolute atomic E-state index is 0.0619. The second-order valence-corrected chi connectivity index (χ2v) is 8.93. The molecule has 2 N–H and O–H groups in total. The van der Waals surface area contributed by atoms with Crippen molar-refractivity contribution in [2.24, 2.45) is 0 Å². The Balaban J connectivity index is 1.48. The monoisotopic (exact) mass is 457 g/mol. The molecule has 0 unspecified atom stereocenters. The maximum Gasteiger partial charge on any atom is 0.255 e. The van der Waals surface area contributed by atoms with Crippen LogP contribution in [-0.2, 0) is 6.42 Å². The highest BCUT2D eigenvalue weighted by molar-refractivity contribution is 6.06. The van der Waals surface area contributed by atoms with Gasteiger partial charge in [-0.05, 0) is 68.9 Å². The molecule has 1 fully saturated rings. The molecule has 6 heteroatoms. The summed E-state index contributed by atoms with van der Waals surface area (Å²) in [5, 5.41) is 13.3. The largest absolute Gasteiger partial charge is 0.506 e. The number of amides is 1. The number of hydrogen-bond acceptors (Lipinski definition) is 5. The SMILES string of the molecule is Cc1cccc(C(=O)Cc2cccc(O)c2NC(=O)c2ccc(N3CCCN(C)CC3)cc2)c1. The summed E-state index contributed by atoms with van der Waals surface area (Å²) in [5.74, 6) is -0.460. The van der Waals surface area contributed by atoms with Crippen molar-refractivity contribution >= 4 is 23.1 Å². The van der Waals surface area contributed by atoms with E-state index in [9.17, 15) is 14.7 Å². The van der Waals surface area contributed by atoms with E-state index < -0.39 is 0 Å². The van der Waals surface area contributed by atoms with E-state index >= 15 is 0 Å². The zero-order chi connectivity index (χ0) is 24.1. The summed E-state index contributed by atoms with van der Waals surface area (Å²) >= 11 is 0. The lowest BCUT2D eigenvalue weighted by atomic mass is 10.00. The number of nitrogens with zero attached hydrogens (tertiary/aromatic N) is 2. The Morgan fingerprint density at radius 3 is 2.44 bits per heavy atom. The lowest BCUT2D eigenvalue weighted by Crippen LogP contribution is -2.28. The van der Waals surface area contributed by atoms with Gasteiger partial charge in [-0.3, -0.25) is 9.59 Å². The van der Waals surface area contributed by atoms with Crippen molar-refractivity contribution in [3.63, 3.8) is 0 Å². The number of aromatic hydroxyl groups is 1. The summed E-state index contributed by atoms with van der Waals surface area (Å²) in [6, 6.07) is 19.9. The van der Waals surface area contributed by atoms with Crippen LogP contribution in [0.25, 0.3) is 0 Å². The number of carbonyl (C=O) groups excluding carboxylic acids is 2. The maximum atomic E-state index is 13.0. The number of benzene rings is 3. The fourth-order valence-electron chi connectivity index (χ4n) is 4.29. The van der Waals surface area contributed by atoms with Crippen molar-refractivity contribution in [3.8, 4) is 5.75 Å². The number of rotatable bonds is 6. The first kappa shape index (κ1) is 23.5. The Labute approximate surface area is 200 Å². The Kier molecular flexibility index (Phi) is 7.28. The number of ketones is 1. The number of likely N-dealkylation sites (N-methyl/N-ethyl adjacent to an activating group) is 1. The highest BCUT2D eigenvalue weighted by Gasteiger charge is 2.17. The molecule has 0 spiro atoms. The second-order valence-electron chi connectivity index (χ2n) is 8.93. The Bertz CT molecular complexity index is 1170. The molecule has 0 bridgehead atoms. The number of carbonyl (C=O) groups is 2. The minimum Gasteiger partial charge on any atom is -0.506 e. The third-order valence-electron chi connectivity index (χ3n) is 6.27. The lowest BCUT2D eigenvalue weighted by Gasteiger charge is -2.23. The molecule has 176 valence electrons. The average molecular weight is 458 g/mol. The number of phenolic OH excluding ortho intramolecular Hbond substituents is 1. The number of phenols is 1. The summed E-state index contributed by atoms with van der Waals surface area (Å²) < 4.78 is 0. The first-order chi connectivity index (χ1) is 16.4. The van der Waals surface area contributed by atoms with E-state index in [4.69, 9.17) is 0 Å². The van der Waals surface area contributed by atoms with Crippen LogP contribution in [0.2, 0.25) is 0 Å². The van der Waals surface area contributed by atoms with Crippen LogP contribution < -0.4 is 10.2 Å². The van der Waals surface area contributed by atoms with Crippen molar-refractivity contribution in [2.45, 2.75) is 19.8 Å². The van der Waals surface area contributed by atoms with Crippen molar-refractivity contribution in [1.29, 1.82) is 0 Å². The van der Waals surface area contributed by atoms with Gasteiger partial charge < -0.3 is 20.2 Å². The first-order valence-corrected chi connectivity index (χ1v) is 11.7. The van der Waals surface area contributed by atoms with Gasteiger partial charge in [0.05, 0.1) is 5.69 Å². The molecule has 1 amide bonds. The van der Waals surface area contributed by atoms with E-state index in [1.807, 2.05) is 37.3 Å². The Morgan fingerprint density at radius 1 is 0.912 bits per heavy atom. The van der Waals surface area contributed by atoms with Gasteiger partial charge in [-0.2, -0.15) is 0 Å². The molecule has 1 aliphatic rings. The molecule has 0 radical (unpaired) electrons. The van der Waals surface area contributed by atoms with Crippen molar-refractivity contribution in [1.82, 2.24) is 4.90 Å². The van der Waals surface area contributed by atoms with E-state index in [0.717, 1.165) is 43.9 Å². The van der Waals surface area contributed by atoms with Crippen LogP contribution in [0.4, 0.5) is 11.4 Å². The molecule has 0 aromatic heterocycles. The van der Waals surface area contributed by atoms with Crippen LogP contribution in [0.1, 0.15) is 38.3 Å². The zero-order valence-corrected chi connectivity index (χ0v) is 19.8. The van der Waals surface area contributed by atoms with Gasteiger partial charge in [-0.1, -0.05) is 35.9 Å². The molecule has 0 atom stereocenters. The topological polar surface area (TPSA) is 72.9 Å². The number of nitrogens with one attached hydrogen (secondary N) is 1. The van der Waals surface area contributed by atoms with Gasteiger partial charge in [-0.25, -0.2) is 0 Å². The predicted octanol–water partition coefficient (Wildman–Crippen LogP) is 4.52. The van der Waals surface area contributed by atoms with Gasteiger partial charge in [0.2, 0.25) is 0 Å². The molecule has 3 aromatic rings. The third kappa shape index (κ3) is 5.64. The van der Waals surface area contributed by atoms with E-state index in [-0.39, 0.29) is 29.5 Å². The van der Waals surface area contributed by atoms with Gasteiger partial charge in [0.1, 0.15) is 5.75 Å². The smallest absolute Gasteiger partial charge is 0.255 e. The molecule has 4 rings (SSSR count). The van der Waals surface area contributed by atoms with Crippen LogP contribution in [-0.4, -0.2) is 54.9 Å². The molecule has 34 heavy (non-hydrogen) atoms. The predicted molar refractivity (Wildman–Crippen MR) is 136 cm³/mol. The standard InChI is InChI=1S/C28H31N3O3/c1-20-6-3-7-22(18-20)26(33)19-23-8-4-9-25(32)27(23)29-28(34)21-10-12-24(13-11-21)31-15-5-14-30(2)16-17-31/h3-4,6-13,18,32H,5,14-17,19H2,1-2H3,(H,29,34). The molecule has 1 saturated heterocycles. The molecule has 1 aliphatic heterocycles. The van der Waals surface area contributed by atoms with Crippen LogP contribution in [0.5, 0.6) is 5.75 Å². The molecular weight excluding hydrogens is 426 g/mol. The van der Waals surface area contributed by atoms with Gasteiger partial charge >= 0.3 is 0 Å². The van der Waals surface area contributed by atoms with E-state index in [1.54, 1.807) is 30.3 Å². The van der Waals surface area contributed by atoms with Crippen molar-refractivity contribution in [2.75, 3.05) is 43.4 Å². The number of para-hydroxylation sites is 1. The van der Waals surface area contributed by atoms with Gasteiger partial charge in [0.15, 0.2) is 5.78 Å². The molecule has 1 heterocycles. The zero-order valence-electron chi connectivity index (χ0n) is 19.8. The quantitative estimate of drug-likeness (QED) is 0.421. The maximum absolute atomic E-state index is 13.0. The first-order valence-electron chi connectivity index (χ1n) is 11.7. The number of hydrogen-bond donors (Lipinski definition) is 2. The van der Waals surface area contributed by atoms with Crippen LogP contribution >= 0.6 is 0 Å². The molecule has 3 aromatic carbocycles. The molecule has 0 aliphatic carbocycles. The number of anilines is 2. The highest BCUT2D eigenvalue weighted by atomic mass is 16.3.